The molecular formula is C15H18N2O3. The lowest BCUT2D eigenvalue weighted by atomic mass is 9.80. The van der Waals surface area contributed by atoms with E-state index < -0.39 is 5.60 Å². The fourth-order valence-electron chi connectivity index (χ4n) is 1.97. The monoisotopic (exact) mass is 274 g/mol. The van der Waals surface area contributed by atoms with Crippen molar-refractivity contribution in [3.63, 3.8) is 0 Å². The first-order valence-corrected chi connectivity index (χ1v) is 6.55. The molecule has 0 saturated heterocycles. The Hall–Kier alpha value is -2.19. The molecule has 1 aromatic carbocycles. The van der Waals surface area contributed by atoms with Gasteiger partial charge < -0.3 is 20.5 Å². The zero-order valence-electron chi connectivity index (χ0n) is 11.2. The number of carbonyl (C=O) groups excluding carboxylic acids is 1. The van der Waals surface area contributed by atoms with Crippen molar-refractivity contribution in [3.8, 4) is 18.1 Å². The first-order valence-electron chi connectivity index (χ1n) is 6.55. The van der Waals surface area contributed by atoms with E-state index in [2.05, 4.69) is 16.6 Å². The lowest BCUT2D eigenvalue weighted by Crippen LogP contribution is -2.48. The van der Waals surface area contributed by atoms with E-state index in [1.54, 1.807) is 24.3 Å². The number of ether oxygens (including phenoxy) is 1. The maximum Gasteiger partial charge on any atom is 0.319 e. The molecule has 0 unspecified atom stereocenters. The minimum absolute atomic E-state index is 0.183. The highest BCUT2D eigenvalue weighted by atomic mass is 16.5. The largest absolute Gasteiger partial charge is 0.481 e. The second-order valence-corrected chi connectivity index (χ2v) is 4.91. The van der Waals surface area contributed by atoms with Gasteiger partial charge in [0.2, 0.25) is 0 Å². The normalized spacial score (nSPS) is 15.6. The Balaban J connectivity index is 1.82. The van der Waals surface area contributed by atoms with Gasteiger partial charge in [-0.2, -0.15) is 0 Å². The standard InChI is InChI=1S/C15H18N2O3/c1-2-9-20-13-6-3-5-12(10-13)17-14(18)16-11-15(19)7-4-8-15/h1,3,5-6,10,19H,4,7-9,11H2,(H2,16,17,18). The van der Waals surface area contributed by atoms with Gasteiger partial charge in [-0.1, -0.05) is 12.0 Å². The number of rotatable bonds is 5. The van der Waals surface area contributed by atoms with Crippen molar-refractivity contribution in [2.24, 2.45) is 0 Å². The first-order chi connectivity index (χ1) is 9.61. The third kappa shape index (κ3) is 3.90. The summed E-state index contributed by atoms with van der Waals surface area (Å²) in [6.07, 6.45) is 7.60. The quantitative estimate of drug-likeness (QED) is 0.716. The summed E-state index contributed by atoms with van der Waals surface area (Å²) in [5.74, 6) is 2.97. The van der Waals surface area contributed by atoms with Gasteiger partial charge in [0.1, 0.15) is 12.4 Å². The highest BCUT2D eigenvalue weighted by Gasteiger charge is 2.34. The average molecular weight is 274 g/mol. The molecule has 1 aliphatic rings. The molecule has 1 aromatic rings. The number of amides is 2. The molecule has 0 aromatic heterocycles. The number of hydrogen-bond acceptors (Lipinski definition) is 3. The first kappa shape index (κ1) is 14.2. The smallest absolute Gasteiger partial charge is 0.319 e. The Morgan fingerprint density at radius 3 is 2.95 bits per heavy atom. The summed E-state index contributed by atoms with van der Waals surface area (Å²) < 4.78 is 5.27. The third-order valence-electron chi connectivity index (χ3n) is 3.28. The molecule has 5 heteroatoms. The van der Waals surface area contributed by atoms with Crippen molar-refractivity contribution in [2.45, 2.75) is 24.9 Å². The van der Waals surface area contributed by atoms with Crippen molar-refractivity contribution in [3.05, 3.63) is 24.3 Å². The summed E-state index contributed by atoms with van der Waals surface area (Å²) in [5, 5.41) is 15.2. The Morgan fingerprint density at radius 2 is 2.30 bits per heavy atom. The number of nitrogens with one attached hydrogen (secondary N) is 2. The van der Waals surface area contributed by atoms with E-state index >= 15 is 0 Å². The molecular weight excluding hydrogens is 256 g/mol. The maximum atomic E-state index is 11.7. The molecule has 106 valence electrons. The molecule has 0 aliphatic heterocycles. The van der Waals surface area contributed by atoms with Gasteiger partial charge >= 0.3 is 6.03 Å². The molecule has 2 amide bonds. The van der Waals surface area contributed by atoms with Crippen LogP contribution in [0.2, 0.25) is 0 Å². The maximum absolute atomic E-state index is 11.7. The second-order valence-electron chi connectivity index (χ2n) is 4.91. The van der Waals surface area contributed by atoms with Gasteiger partial charge in [-0.05, 0) is 31.4 Å². The van der Waals surface area contributed by atoms with Gasteiger partial charge in [-0.3, -0.25) is 0 Å². The third-order valence-corrected chi connectivity index (χ3v) is 3.28. The van der Waals surface area contributed by atoms with Gasteiger partial charge in [0.15, 0.2) is 0 Å². The minimum atomic E-state index is -0.727. The van der Waals surface area contributed by atoms with Crippen molar-refractivity contribution < 1.29 is 14.6 Å². The zero-order chi connectivity index (χ0) is 14.4. The Kier molecular flexibility index (Phi) is 4.49. The number of benzene rings is 1. The molecule has 0 bridgehead atoms. The highest BCUT2D eigenvalue weighted by Crippen LogP contribution is 2.30. The minimum Gasteiger partial charge on any atom is -0.481 e. The van der Waals surface area contributed by atoms with E-state index in [1.165, 1.54) is 0 Å². The predicted molar refractivity (Wildman–Crippen MR) is 76.6 cm³/mol. The van der Waals surface area contributed by atoms with Crippen LogP contribution in [-0.4, -0.2) is 29.9 Å². The molecule has 0 atom stereocenters. The molecule has 0 spiro atoms. The van der Waals surface area contributed by atoms with Crippen LogP contribution in [0.5, 0.6) is 5.75 Å². The molecule has 20 heavy (non-hydrogen) atoms. The zero-order valence-corrected chi connectivity index (χ0v) is 11.2. The molecule has 5 nitrogen and oxygen atoms in total. The van der Waals surface area contributed by atoms with Crippen molar-refractivity contribution in [1.82, 2.24) is 5.32 Å². The van der Waals surface area contributed by atoms with Crippen LogP contribution in [0.3, 0.4) is 0 Å². The topological polar surface area (TPSA) is 70.6 Å². The van der Waals surface area contributed by atoms with Crippen LogP contribution in [0, 0.1) is 12.3 Å². The van der Waals surface area contributed by atoms with E-state index in [1.807, 2.05) is 0 Å². The second kappa shape index (κ2) is 6.31. The van der Waals surface area contributed by atoms with Crippen molar-refractivity contribution in [2.75, 3.05) is 18.5 Å². The van der Waals surface area contributed by atoms with Crippen LogP contribution in [-0.2, 0) is 0 Å². The van der Waals surface area contributed by atoms with Gasteiger partial charge in [0, 0.05) is 18.3 Å². The van der Waals surface area contributed by atoms with Crippen LogP contribution in [0.15, 0.2) is 24.3 Å². The molecule has 0 radical (unpaired) electrons. The molecule has 1 saturated carbocycles. The van der Waals surface area contributed by atoms with Gasteiger partial charge in [-0.25, -0.2) is 4.79 Å². The van der Waals surface area contributed by atoms with Crippen molar-refractivity contribution in [1.29, 1.82) is 0 Å². The van der Waals surface area contributed by atoms with Crippen LogP contribution in [0.1, 0.15) is 19.3 Å². The lowest BCUT2D eigenvalue weighted by molar-refractivity contribution is -0.0287. The number of carbonyl (C=O) groups is 1. The molecule has 1 fully saturated rings. The van der Waals surface area contributed by atoms with Crippen LogP contribution >= 0.6 is 0 Å². The van der Waals surface area contributed by atoms with Crippen LogP contribution < -0.4 is 15.4 Å². The molecule has 2 rings (SSSR count). The van der Waals surface area contributed by atoms with E-state index in [-0.39, 0.29) is 19.2 Å². The molecule has 0 heterocycles. The van der Waals surface area contributed by atoms with Crippen molar-refractivity contribution >= 4 is 11.7 Å². The van der Waals surface area contributed by atoms with E-state index in [4.69, 9.17) is 11.2 Å². The number of terminal acetylenes is 1. The summed E-state index contributed by atoms with van der Waals surface area (Å²) in [5.41, 5.74) is -0.118. The summed E-state index contributed by atoms with van der Waals surface area (Å²) in [6.45, 7) is 0.453. The number of hydrogen-bond donors (Lipinski definition) is 3. The summed E-state index contributed by atoms with van der Waals surface area (Å²) >= 11 is 0. The Bertz CT molecular complexity index is 518. The van der Waals surface area contributed by atoms with E-state index in [0.29, 0.717) is 11.4 Å². The molecule has 3 N–H and O–H groups in total. The van der Waals surface area contributed by atoms with Crippen LogP contribution in [0.25, 0.3) is 0 Å². The Labute approximate surface area is 118 Å². The predicted octanol–water partition coefficient (Wildman–Crippen LogP) is 1.74. The number of anilines is 1. The molecule has 1 aliphatic carbocycles. The average Bonchev–Trinajstić information content (AvgIpc) is 2.41. The highest BCUT2D eigenvalue weighted by molar-refractivity contribution is 5.89. The van der Waals surface area contributed by atoms with Gasteiger partial charge in [0.05, 0.1) is 5.60 Å². The van der Waals surface area contributed by atoms with E-state index in [0.717, 1.165) is 19.3 Å². The Morgan fingerprint density at radius 1 is 1.50 bits per heavy atom. The fraction of sp³-hybridized carbons (Fsp3) is 0.400. The number of aliphatic hydroxyl groups is 1. The van der Waals surface area contributed by atoms with Crippen LogP contribution in [0.4, 0.5) is 10.5 Å². The number of urea groups is 1. The van der Waals surface area contributed by atoms with Gasteiger partial charge in [0.25, 0.3) is 0 Å². The van der Waals surface area contributed by atoms with E-state index in [9.17, 15) is 9.90 Å². The fourth-order valence-corrected chi connectivity index (χ4v) is 1.97. The lowest BCUT2D eigenvalue weighted by Gasteiger charge is -2.36. The SMILES string of the molecule is C#CCOc1cccc(NC(=O)NCC2(O)CCC2)c1. The summed E-state index contributed by atoms with van der Waals surface area (Å²) in [6, 6.07) is 6.62. The summed E-state index contributed by atoms with van der Waals surface area (Å²) in [4.78, 5) is 11.7. The summed E-state index contributed by atoms with van der Waals surface area (Å²) in [7, 11) is 0. The van der Waals surface area contributed by atoms with Gasteiger partial charge in [-0.15, -0.1) is 6.42 Å².